The lowest BCUT2D eigenvalue weighted by atomic mass is 9.99. The highest BCUT2D eigenvalue weighted by atomic mass is 16.7. The van der Waals surface area contributed by atoms with Crippen LogP contribution in [0.5, 0.6) is 69.0 Å². The summed E-state index contributed by atoms with van der Waals surface area (Å²) in [4.78, 5) is 53.0. The molecule has 0 radical (unpaired) electrons. The van der Waals surface area contributed by atoms with Crippen LogP contribution in [0.1, 0.15) is 41.4 Å². The van der Waals surface area contributed by atoms with Crippen molar-refractivity contribution in [2.75, 3.05) is 13.2 Å². The second-order valence-corrected chi connectivity index (χ2v) is 11.6. The van der Waals surface area contributed by atoms with Crippen LogP contribution >= 0.6 is 0 Å². The monoisotopic (exact) mass is 772 g/mol. The van der Waals surface area contributed by atoms with Crippen molar-refractivity contribution in [1.29, 1.82) is 0 Å². The third-order valence-corrected chi connectivity index (χ3v) is 7.88. The van der Waals surface area contributed by atoms with E-state index in [0.717, 1.165) is 12.1 Å². The number of ether oxygens (including phenoxy) is 5. The van der Waals surface area contributed by atoms with Crippen LogP contribution < -0.4 is 0 Å². The first-order chi connectivity index (χ1) is 25.9. The number of esters is 4. The third-order valence-electron chi connectivity index (χ3n) is 7.88. The molecule has 0 aliphatic carbocycles. The Balaban J connectivity index is 1.54. The lowest BCUT2D eigenvalue weighted by molar-refractivity contribution is -0.197. The highest BCUT2D eigenvalue weighted by Gasteiger charge is 2.48. The number of phenols is 12. The highest BCUT2D eigenvalue weighted by Crippen LogP contribution is 2.39. The van der Waals surface area contributed by atoms with Crippen molar-refractivity contribution in [3.8, 4) is 69.0 Å². The summed E-state index contributed by atoms with van der Waals surface area (Å²) in [5.74, 6) is -17.2. The van der Waals surface area contributed by atoms with Gasteiger partial charge in [0, 0.05) is 0 Å². The number of phenolic OH excluding ortho intramolecular Hbond substituents is 12. The zero-order valence-corrected chi connectivity index (χ0v) is 27.4. The SMILES string of the molecule is O=C(OC[C@H]1OC[C@H](OC(=O)c2cc(O)c(O)c(O)c2)[C@@H](OC(=O)c2cc(O)c(O)c(O)c2)[C@@H]1OC(=O)c1cc(O)c(O)c(O)c1)c1cc(O)c(O)c(O)c1. The van der Waals surface area contributed by atoms with Crippen molar-refractivity contribution in [3.05, 3.63) is 70.8 Å². The van der Waals surface area contributed by atoms with Crippen molar-refractivity contribution < 1.29 is 104 Å². The molecule has 5 rings (SSSR count). The number of hydrogen-bond acceptors (Lipinski definition) is 21. The summed E-state index contributed by atoms with van der Waals surface area (Å²) in [6.07, 6.45) is -7.58. The molecule has 1 fully saturated rings. The molecule has 0 aromatic heterocycles. The molecular formula is C34H28O21. The zero-order chi connectivity index (χ0) is 40.5. The Bertz CT molecular complexity index is 2100. The van der Waals surface area contributed by atoms with Gasteiger partial charge in [-0.1, -0.05) is 0 Å². The van der Waals surface area contributed by atoms with E-state index >= 15 is 0 Å². The summed E-state index contributed by atoms with van der Waals surface area (Å²) in [5, 5.41) is 118. The van der Waals surface area contributed by atoms with Crippen molar-refractivity contribution in [2.45, 2.75) is 24.4 Å². The topological polar surface area (TPSA) is 357 Å². The predicted octanol–water partition coefficient (Wildman–Crippen LogP) is 1.39. The Morgan fingerprint density at radius 2 is 0.745 bits per heavy atom. The van der Waals surface area contributed by atoms with E-state index in [1.54, 1.807) is 0 Å². The first-order valence-electron chi connectivity index (χ1n) is 15.3. The minimum Gasteiger partial charge on any atom is -0.504 e. The maximum atomic E-state index is 13.4. The van der Waals surface area contributed by atoms with Gasteiger partial charge in [-0.15, -0.1) is 0 Å². The van der Waals surface area contributed by atoms with Crippen molar-refractivity contribution in [1.82, 2.24) is 0 Å². The second kappa shape index (κ2) is 15.1. The Kier molecular flexibility index (Phi) is 10.6. The van der Waals surface area contributed by atoms with Crippen LogP contribution in [-0.4, -0.2) is 123 Å². The van der Waals surface area contributed by atoms with Crippen LogP contribution in [0.4, 0.5) is 0 Å². The quantitative estimate of drug-likeness (QED) is 0.0649. The molecule has 290 valence electrons. The summed E-state index contributed by atoms with van der Waals surface area (Å²) in [7, 11) is 0. The molecule has 21 heteroatoms. The molecule has 1 aliphatic rings. The fourth-order valence-corrected chi connectivity index (χ4v) is 5.08. The van der Waals surface area contributed by atoms with Gasteiger partial charge in [0.1, 0.15) is 12.7 Å². The van der Waals surface area contributed by atoms with Crippen LogP contribution in [0, 0.1) is 0 Å². The molecule has 1 heterocycles. The van der Waals surface area contributed by atoms with Crippen LogP contribution in [0.25, 0.3) is 0 Å². The van der Waals surface area contributed by atoms with Gasteiger partial charge >= 0.3 is 23.9 Å². The highest BCUT2D eigenvalue weighted by molar-refractivity contribution is 5.93. The number of hydrogen-bond donors (Lipinski definition) is 12. The summed E-state index contributed by atoms with van der Waals surface area (Å²) in [5.41, 5.74) is -2.35. The Morgan fingerprint density at radius 3 is 1.09 bits per heavy atom. The Hall–Kier alpha value is -7.68. The van der Waals surface area contributed by atoms with Gasteiger partial charge in [-0.25, -0.2) is 19.2 Å². The molecule has 1 aliphatic heterocycles. The number of aromatic hydroxyl groups is 12. The maximum absolute atomic E-state index is 13.4. The minimum atomic E-state index is -2.03. The van der Waals surface area contributed by atoms with Crippen LogP contribution in [0.3, 0.4) is 0 Å². The fourth-order valence-electron chi connectivity index (χ4n) is 5.08. The molecule has 12 N–H and O–H groups in total. The molecule has 0 unspecified atom stereocenters. The van der Waals surface area contributed by atoms with E-state index in [1.807, 2.05) is 0 Å². The van der Waals surface area contributed by atoms with Gasteiger partial charge in [0.25, 0.3) is 0 Å². The predicted molar refractivity (Wildman–Crippen MR) is 173 cm³/mol. The van der Waals surface area contributed by atoms with Gasteiger partial charge in [0.2, 0.25) is 0 Å². The van der Waals surface area contributed by atoms with Crippen LogP contribution in [0.2, 0.25) is 0 Å². The number of rotatable bonds is 9. The van der Waals surface area contributed by atoms with Crippen LogP contribution in [-0.2, 0) is 23.7 Å². The van der Waals surface area contributed by atoms with Gasteiger partial charge in [-0.2, -0.15) is 0 Å². The molecule has 21 nitrogen and oxygen atoms in total. The largest absolute Gasteiger partial charge is 0.504 e. The standard InChI is InChI=1S/C34H28O21/c35-15-1-11(2-16(36)25(15)43)31(47)52-9-23-29(54-33(49)13-5-19(39)27(45)20(40)6-13)30(55-34(50)14-7-21(41)28(46)22(42)8-14)24(10-51-23)53-32(48)12-3-17(37)26(44)18(38)4-12/h1-8,23-24,29-30,35-46H,9-10H2/t23-,24+,29-,30-/m1/s1. The van der Waals surface area contributed by atoms with E-state index in [4.69, 9.17) is 23.7 Å². The molecule has 4 atom stereocenters. The van der Waals surface area contributed by atoms with Crippen LogP contribution in [0.15, 0.2) is 48.5 Å². The van der Waals surface area contributed by atoms with Gasteiger partial charge < -0.3 is 85.0 Å². The molecule has 1 saturated heterocycles. The molecule has 55 heavy (non-hydrogen) atoms. The van der Waals surface area contributed by atoms with Crippen molar-refractivity contribution in [3.63, 3.8) is 0 Å². The van der Waals surface area contributed by atoms with E-state index < -0.39 is 153 Å². The van der Waals surface area contributed by atoms with E-state index in [2.05, 4.69) is 0 Å². The number of benzene rings is 4. The number of carbonyl (C=O) groups is 4. The second-order valence-electron chi connectivity index (χ2n) is 11.6. The Morgan fingerprint density at radius 1 is 0.455 bits per heavy atom. The normalized spacial score (nSPS) is 17.8. The van der Waals surface area contributed by atoms with Gasteiger partial charge in [0.15, 0.2) is 87.3 Å². The van der Waals surface area contributed by atoms with Gasteiger partial charge in [0.05, 0.1) is 28.9 Å². The molecule has 0 spiro atoms. The van der Waals surface area contributed by atoms with Crippen molar-refractivity contribution >= 4 is 23.9 Å². The van der Waals surface area contributed by atoms with Gasteiger partial charge in [-0.3, -0.25) is 0 Å². The average molecular weight is 773 g/mol. The van der Waals surface area contributed by atoms with E-state index in [-0.39, 0.29) is 0 Å². The van der Waals surface area contributed by atoms with E-state index in [0.29, 0.717) is 36.4 Å². The maximum Gasteiger partial charge on any atom is 0.338 e. The Labute approximate surface area is 305 Å². The first-order valence-corrected chi connectivity index (χ1v) is 15.3. The minimum absolute atomic E-state index is 0.505. The van der Waals surface area contributed by atoms with Crippen molar-refractivity contribution in [2.24, 2.45) is 0 Å². The fraction of sp³-hybridized carbons (Fsp3) is 0.176. The summed E-state index contributed by atoms with van der Waals surface area (Å²) in [6.45, 7) is -1.69. The molecule has 0 amide bonds. The molecule has 0 bridgehead atoms. The summed E-state index contributed by atoms with van der Waals surface area (Å²) in [6, 6.07) is 5.45. The first kappa shape index (κ1) is 38.5. The number of carbonyl (C=O) groups excluding carboxylic acids is 4. The molecular weight excluding hydrogens is 744 g/mol. The zero-order valence-electron chi connectivity index (χ0n) is 27.4. The van der Waals surface area contributed by atoms with E-state index in [1.165, 1.54) is 0 Å². The average Bonchev–Trinajstić information content (AvgIpc) is 3.13. The summed E-state index contributed by atoms with van der Waals surface area (Å²) >= 11 is 0. The molecule has 4 aromatic carbocycles. The lowest BCUT2D eigenvalue weighted by Crippen LogP contribution is -2.59. The van der Waals surface area contributed by atoms with Gasteiger partial charge in [-0.05, 0) is 48.5 Å². The lowest BCUT2D eigenvalue weighted by Gasteiger charge is -2.40. The third kappa shape index (κ3) is 8.05. The smallest absolute Gasteiger partial charge is 0.338 e. The van der Waals surface area contributed by atoms with E-state index in [9.17, 15) is 80.5 Å². The summed E-state index contributed by atoms with van der Waals surface area (Å²) < 4.78 is 27.4. The molecule has 4 aromatic rings. The molecule has 0 saturated carbocycles.